The molecule has 0 spiro atoms. The average molecular weight is 403 g/mol. The zero-order chi connectivity index (χ0) is 21.7. The van der Waals surface area contributed by atoms with E-state index in [9.17, 15) is 4.79 Å². The van der Waals surface area contributed by atoms with Crippen LogP contribution in [-0.2, 0) is 4.74 Å². The van der Waals surface area contributed by atoms with E-state index in [1.165, 1.54) is 0 Å². The molecular formula is C21H34N6O2. The molecule has 8 heteroatoms. The second-order valence-corrected chi connectivity index (χ2v) is 9.45. The molecule has 2 rings (SSSR count). The molecule has 1 amide bonds. The lowest BCUT2D eigenvalue weighted by Gasteiger charge is -2.34. The van der Waals surface area contributed by atoms with Gasteiger partial charge in [0, 0.05) is 32.7 Å². The molecule has 0 aliphatic carbocycles. The van der Waals surface area contributed by atoms with Crippen LogP contribution in [0.3, 0.4) is 0 Å². The van der Waals surface area contributed by atoms with E-state index in [0.29, 0.717) is 25.5 Å². The zero-order valence-corrected chi connectivity index (χ0v) is 18.5. The highest BCUT2D eigenvalue weighted by Gasteiger charge is 2.25. The summed E-state index contributed by atoms with van der Waals surface area (Å²) in [6.07, 6.45) is 1.40. The molecule has 8 nitrogen and oxygen atoms in total. The molecule has 0 saturated carbocycles. The van der Waals surface area contributed by atoms with E-state index < -0.39 is 5.60 Å². The van der Waals surface area contributed by atoms with Crippen molar-refractivity contribution in [3.8, 4) is 11.8 Å². The van der Waals surface area contributed by atoms with Gasteiger partial charge < -0.3 is 20.7 Å². The quantitative estimate of drug-likeness (QED) is 0.750. The number of amides is 1. The number of nitrogens with two attached hydrogens (primary N) is 1. The van der Waals surface area contributed by atoms with Crippen LogP contribution in [0.5, 0.6) is 0 Å². The van der Waals surface area contributed by atoms with Crippen LogP contribution in [0.25, 0.3) is 0 Å². The van der Waals surface area contributed by atoms with Crippen molar-refractivity contribution in [3.05, 3.63) is 11.8 Å². The first kappa shape index (κ1) is 22.8. The maximum absolute atomic E-state index is 12.1. The molecule has 1 saturated heterocycles. The van der Waals surface area contributed by atoms with E-state index in [4.69, 9.17) is 10.5 Å². The van der Waals surface area contributed by atoms with E-state index in [1.807, 2.05) is 20.8 Å². The van der Waals surface area contributed by atoms with Gasteiger partial charge in [-0.1, -0.05) is 32.6 Å². The number of carbonyl (C=O) groups excluding carboxylic acids is 1. The molecule has 160 valence electrons. The van der Waals surface area contributed by atoms with Crippen molar-refractivity contribution in [1.82, 2.24) is 19.8 Å². The third-order valence-corrected chi connectivity index (χ3v) is 4.14. The summed E-state index contributed by atoms with van der Waals surface area (Å²) in [5, 5.41) is 3.31. The molecule has 1 fully saturated rings. The van der Waals surface area contributed by atoms with Crippen molar-refractivity contribution in [1.29, 1.82) is 0 Å². The first-order chi connectivity index (χ1) is 13.4. The standard InChI is InChI=1S/C21H34N6O2/c1-20(2,3)15-24-17-16(14-23-18(22)25-17)8-7-9-26-10-12-27(13-11-26)19(28)29-21(4,5)6/h14H,9-13,15H2,1-6H3,(H3,22,23,24,25). The Morgan fingerprint density at radius 1 is 1.21 bits per heavy atom. The Morgan fingerprint density at radius 3 is 2.45 bits per heavy atom. The summed E-state index contributed by atoms with van der Waals surface area (Å²) in [5.41, 5.74) is 6.10. The molecule has 2 heterocycles. The summed E-state index contributed by atoms with van der Waals surface area (Å²) in [6.45, 7) is 16.2. The van der Waals surface area contributed by atoms with Gasteiger partial charge in [0.25, 0.3) is 0 Å². The van der Waals surface area contributed by atoms with E-state index in [-0.39, 0.29) is 17.5 Å². The number of hydrogen-bond acceptors (Lipinski definition) is 7. The van der Waals surface area contributed by atoms with Gasteiger partial charge in [-0.25, -0.2) is 9.78 Å². The summed E-state index contributed by atoms with van der Waals surface area (Å²) >= 11 is 0. The van der Waals surface area contributed by atoms with Gasteiger partial charge in [-0.3, -0.25) is 4.90 Å². The number of ether oxygens (including phenoxy) is 1. The minimum Gasteiger partial charge on any atom is -0.444 e. The summed E-state index contributed by atoms with van der Waals surface area (Å²) in [7, 11) is 0. The van der Waals surface area contributed by atoms with Crippen LogP contribution in [0.4, 0.5) is 16.6 Å². The zero-order valence-electron chi connectivity index (χ0n) is 18.5. The molecule has 1 aliphatic rings. The Morgan fingerprint density at radius 2 is 1.86 bits per heavy atom. The number of aromatic nitrogens is 2. The molecule has 0 unspecified atom stereocenters. The maximum Gasteiger partial charge on any atom is 0.410 e. The highest BCUT2D eigenvalue weighted by atomic mass is 16.6. The number of nitrogen functional groups attached to an aromatic ring is 1. The maximum atomic E-state index is 12.1. The SMILES string of the molecule is CC(C)(C)CNc1nc(N)ncc1C#CCN1CCN(C(=O)OC(C)(C)C)CC1. The molecule has 0 aromatic carbocycles. The third-order valence-electron chi connectivity index (χ3n) is 4.14. The van der Waals surface area contributed by atoms with Gasteiger partial charge >= 0.3 is 6.09 Å². The fourth-order valence-electron chi connectivity index (χ4n) is 2.63. The van der Waals surface area contributed by atoms with Gasteiger partial charge in [-0.2, -0.15) is 4.98 Å². The summed E-state index contributed by atoms with van der Waals surface area (Å²) in [4.78, 5) is 24.4. The molecule has 1 aromatic rings. The Kier molecular flexibility index (Phi) is 7.31. The van der Waals surface area contributed by atoms with Gasteiger partial charge in [0.05, 0.1) is 18.3 Å². The van der Waals surface area contributed by atoms with E-state index >= 15 is 0 Å². The van der Waals surface area contributed by atoms with Crippen molar-refractivity contribution in [2.45, 2.75) is 47.1 Å². The van der Waals surface area contributed by atoms with E-state index in [2.05, 4.69) is 52.8 Å². The second kappa shape index (κ2) is 9.31. The lowest BCUT2D eigenvalue weighted by atomic mass is 9.97. The first-order valence-corrected chi connectivity index (χ1v) is 9.98. The Balaban J connectivity index is 1.90. The minimum atomic E-state index is -0.473. The van der Waals surface area contributed by atoms with Gasteiger partial charge in [0.15, 0.2) is 0 Å². The van der Waals surface area contributed by atoms with Crippen LogP contribution in [0, 0.1) is 17.3 Å². The predicted molar refractivity (Wildman–Crippen MR) is 116 cm³/mol. The van der Waals surface area contributed by atoms with Crippen LogP contribution in [-0.4, -0.2) is 70.7 Å². The lowest BCUT2D eigenvalue weighted by molar-refractivity contribution is 0.0155. The highest BCUT2D eigenvalue weighted by molar-refractivity contribution is 5.68. The number of anilines is 2. The predicted octanol–water partition coefficient (Wildman–Crippen LogP) is 2.42. The van der Waals surface area contributed by atoms with Gasteiger partial charge in [0.2, 0.25) is 5.95 Å². The van der Waals surface area contributed by atoms with Gasteiger partial charge in [-0.05, 0) is 26.2 Å². The normalized spacial score (nSPS) is 15.4. The van der Waals surface area contributed by atoms with Crippen molar-refractivity contribution >= 4 is 17.9 Å². The van der Waals surface area contributed by atoms with Crippen LogP contribution in [0.1, 0.15) is 47.1 Å². The topological polar surface area (TPSA) is 96.6 Å². The number of hydrogen-bond donors (Lipinski definition) is 2. The number of nitrogens with zero attached hydrogens (tertiary/aromatic N) is 4. The number of carbonyl (C=O) groups is 1. The largest absolute Gasteiger partial charge is 0.444 e. The van der Waals surface area contributed by atoms with Crippen molar-refractivity contribution < 1.29 is 9.53 Å². The Labute approximate surface area is 174 Å². The summed E-state index contributed by atoms with van der Waals surface area (Å²) in [5.74, 6) is 7.23. The first-order valence-electron chi connectivity index (χ1n) is 9.98. The van der Waals surface area contributed by atoms with E-state index in [0.717, 1.165) is 25.2 Å². The van der Waals surface area contributed by atoms with Crippen LogP contribution in [0.2, 0.25) is 0 Å². The molecule has 0 bridgehead atoms. The minimum absolute atomic E-state index is 0.109. The number of nitrogens with one attached hydrogen (secondary N) is 1. The fraction of sp³-hybridized carbons (Fsp3) is 0.667. The fourth-order valence-corrected chi connectivity index (χ4v) is 2.63. The average Bonchev–Trinajstić information content (AvgIpc) is 2.60. The summed E-state index contributed by atoms with van der Waals surface area (Å²) < 4.78 is 5.43. The number of rotatable bonds is 3. The molecular weight excluding hydrogens is 368 g/mol. The number of piperazine rings is 1. The summed E-state index contributed by atoms with van der Waals surface area (Å²) in [6, 6.07) is 0. The van der Waals surface area contributed by atoms with Crippen LogP contribution in [0.15, 0.2) is 6.20 Å². The third kappa shape index (κ3) is 8.16. The molecule has 1 aliphatic heterocycles. The van der Waals surface area contributed by atoms with Gasteiger partial charge in [-0.15, -0.1) is 0 Å². The molecule has 0 atom stereocenters. The highest BCUT2D eigenvalue weighted by Crippen LogP contribution is 2.17. The van der Waals surface area contributed by atoms with Crippen LogP contribution >= 0.6 is 0 Å². The van der Waals surface area contributed by atoms with E-state index in [1.54, 1.807) is 11.1 Å². The molecule has 3 N–H and O–H groups in total. The lowest BCUT2D eigenvalue weighted by Crippen LogP contribution is -2.50. The monoisotopic (exact) mass is 402 g/mol. The Bertz CT molecular complexity index is 762. The van der Waals surface area contributed by atoms with Crippen LogP contribution < -0.4 is 11.1 Å². The van der Waals surface area contributed by atoms with Crippen molar-refractivity contribution in [3.63, 3.8) is 0 Å². The molecule has 0 radical (unpaired) electrons. The Hall–Kier alpha value is -2.53. The van der Waals surface area contributed by atoms with Crippen molar-refractivity contribution in [2.24, 2.45) is 5.41 Å². The van der Waals surface area contributed by atoms with Crippen molar-refractivity contribution in [2.75, 3.05) is 50.3 Å². The van der Waals surface area contributed by atoms with Gasteiger partial charge in [0.1, 0.15) is 11.4 Å². The second-order valence-electron chi connectivity index (χ2n) is 9.45. The smallest absolute Gasteiger partial charge is 0.410 e. The molecule has 29 heavy (non-hydrogen) atoms. The molecule has 1 aromatic heterocycles.